The second-order valence-electron chi connectivity index (χ2n) is 7.52. The first-order chi connectivity index (χ1) is 15.2. The molecule has 1 fully saturated rings. The molecule has 0 spiro atoms. The van der Waals surface area contributed by atoms with Gasteiger partial charge in [-0.1, -0.05) is 29.8 Å². The van der Waals surface area contributed by atoms with Crippen molar-refractivity contribution < 1.29 is 9.47 Å². The standard InChI is InChI=1S/C22H25N7O2/c1-4-27-14-23-18-19(27)24-22(25-20(18)28-8-10-31-11-9-28)29-13-17(21(26-29)30-3)16-7-5-6-15(2)12-16/h5-7,12-14H,4,8-11H2,1-3H3. The lowest BCUT2D eigenvalue weighted by atomic mass is 10.1. The second-order valence-corrected chi connectivity index (χ2v) is 7.52. The Morgan fingerprint density at radius 2 is 2.00 bits per heavy atom. The van der Waals surface area contributed by atoms with Crippen molar-refractivity contribution in [3.8, 4) is 23.0 Å². The van der Waals surface area contributed by atoms with Crippen molar-refractivity contribution in [1.29, 1.82) is 0 Å². The number of anilines is 1. The third-order valence-corrected chi connectivity index (χ3v) is 5.49. The van der Waals surface area contributed by atoms with E-state index in [9.17, 15) is 0 Å². The fourth-order valence-corrected chi connectivity index (χ4v) is 3.87. The van der Waals surface area contributed by atoms with E-state index in [2.05, 4.69) is 41.0 Å². The summed E-state index contributed by atoms with van der Waals surface area (Å²) in [7, 11) is 1.63. The molecule has 0 N–H and O–H groups in total. The molecule has 3 aromatic heterocycles. The Morgan fingerprint density at radius 1 is 1.16 bits per heavy atom. The summed E-state index contributed by atoms with van der Waals surface area (Å²) in [6.07, 6.45) is 3.74. The van der Waals surface area contributed by atoms with Crippen LogP contribution in [0.2, 0.25) is 0 Å². The van der Waals surface area contributed by atoms with Crippen LogP contribution in [0.15, 0.2) is 36.8 Å². The number of rotatable bonds is 5. The predicted molar refractivity (Wildman–Crippen MR) is 118 cm³/mol. The van der Waals surface area contributed by atoms with Gasteiger partial charge in [0.15, 0.2) is 17.0 Å². The molecule has 1 aromatic carbocycles. The third-order valence-electron chi connectivity index (χ3n) is 5.49. The summed E-state index contributed by atoms with van der Waals surface area (Å²) in [5, 5.41) is 4.63. The van der Waals surface area contributed by atoms with Gasteiger partial charge in [-0.05, 0) is 19.4 Å². The minimum atomic E-state index is 0.487. The Hall–Kier alpha value is -3.46. The maximum Gasteiger partial charge on any atom is 0.254 e. The molecule has 1 saturated heterocycles. The van der Waals surface area contributed by atoms with Crippen LogP contribution in [-0.2, 0) is 11.3 Å². The van der Waals surface area contributed by atoms with Crippen molar-refractivity contribution in [3.05, 3.63) is 42.4 Å². The Balaban J connectivity index is 1.66. The first-order valence-corrected chi connectivity index (χ1v) is 10.4. The van der Waals surface area contributed by atoms with E-state index >= 15 is 0 Å². The fourth-order valence-electron chi connectivity index (χ4n) is 3.87. The van der Waals surface area contributed by atoms with Crippen molar-refractivity contribution >= 4 is 17.0 Å². The number of hydrogen-bond acceptors (Lipinski definition) is 7. The topological polar surface area (TPSA) is 83.1 Å². The van der Waals surface area contributed by atoms with Crippen LogP contribution < -0.4 is 9.64 Å². The average Bonchev–Trinajstić information content (AvgIpc) is 3.43. The van der Waals surface area contributed by atoms with Gasteiger partial charge in [0.05, 0.1) is 32.2 Å². The zero-order chi connectivity index (χ0) is 21.4. The van der Waals surface area contributed by atoms with E-state index in [0.717, 1.165) is 47.7 Å². The predicted octanol–water partition coefficient (Wildman–Crippen LogP) is 2.85. The highest BCUT2D eigenvalue weighted by molar-refractivity contribution is 5.84. The summed E-state index contributed by atoms with van der Waals surface area (Å²) in [5.41, 5.74) is 4.69. The molecule has 0 radical (unpaired) electrons. The van der Waals surface area contributed by atoms with Crippen LogP contribution in [0.3, 0.4) is 0 Å². The van der Waals surface area contributed by atoms with E-state index in [1.807, 2.05) is 29.2 Å². The van der Waals surface area contributed by atoms with Crippen LogP contribution in [-0.4, -0.2) is 62.7 Å². The molecule has 0 atom stereocenters. The first-order valence-electron chi connectivity index (χ1n) is 10.4. The molecule has 9 nitrogen and oxygen atoms in total. The van der Waals surface area contributed by atoms with Crippen LogP contribution in [0.4, 0.5) is 5.82 Å². The van der Waals surface area contributed by atoms with Gasteiger partial charge in [-0.25, -0.2) is 9.67 Å². The Bertz CT molecular complexity index is 1220. The number of fused-ring (bicyclic) bond motifs is 1. The Labute approximate surface area is 180 Å². The largest absolute Gasteiger partial charge is 0.479 e. The number of aromatic nitrogens is 6. The van der Waals surface area contributed by atoms with Crippen LogP contribution in [0.25, 0.3) is 28.2 Å². The molecule has 0 saturated carbocycles. The van der Waals surface area contributed by atoms with Gasteiger partial charge in [0.1, 0.15) is 0 Å². The minimum Gasteiger partial charge on any atom is -0.479 e. The maximum absolute atomic E-state index is 5.57. The number of methoxy groups -OCH3 is 1. The molecule has 1 aliphatic heterocycles. The SMILES string of the molecule is CCn1cnc2c(N3CCOCC3)nc(-n3cc(-c4cccc(C)c4)c(OC)n3)nc21. The molecule has 9 heteroatoms. The van der Waals surface area contributed by atoms with Crippen LogP contribution >= 0.6 is 0 Å². The monoisotopic (exact) mass is 419 g/mol. The Morgan fingerprint density at radius 3 is 2.74 bits per heavy atom. The number of hydrogen-bond donors (Lipinski definition) is 0. The number of nitrogens with zero attached hydrogens (tertiary/aromatic N) is 7. The smallest absolute Gasteiger partial charge is 0.254 e. The molecular weight excluding hydrogens is 394 g/mol. The van der Waals surface area contributed by atoms with Crippen LogP contribution in [0.1, 0.15) is 12.5 Å². The summed E-state index contributed by atoms with van der Waals surface area (Å²) in [4.78, 5) is 16.5. The van der Waals surface area contributed by atoms with Gasteiger partial charge in [-0.2, -0.15) is 9.97 Å². The van der Waals surface area contributed by atoms with Crippen LogP contribution in [0.5, 0.6) is 5.88 Å². The molecule has 160 valence electrons. The molecule has 5 rings (SSSR count). The summed E-state index contributed by atoms with van der Waals surface area (Å²) in [5.74, 6) is 1.83. The van der Waals surface area contributed by atoms with Crippen molar-refractivity contribution in [2.45, 2.75) is 20.4 Å². The highest BCUT2D eigenvalue weighted by Gasteiger charge is 2.22. The number of benzene rings is 1. The zero-order valence-electron chi connectivity index (χ0n) is 17.9. The summed E-state index contributed by atoms with van der Waals surface area (Å²) in [6.45, 7) is 7.78. The van der Waals surface area contributed by atoms with E-state index in [1.54, 1.807) is 11.8 Å². The van der Waals surface area contributed by atoms with Gasteiger partial charge in [-0.3, -0.25) is 0 Å². The lowest BCUT2D eigenvalue weighted by Gasteiger charge is -2.28. The first kappa shape index (κ1) is 19.5. The maximum atomic E-state index is 5.57. The third kappa shape index (κ3) is 3.50. The summed E-state index contributed by atoms with van der Waals surface area (Å²) in [6, 6.07) is 8.25. The molecule has 0 bridgehead atoms. The molecule has 4 aromatic rings. The van der Waals surface area contributed by atoms with Gasteiger partial charge in [0.2, 0.25) is 5.88 Å². The molecular formula is C22H25N7O2. The van der Waals surface area contributed by atoms with E-state index in [0.29, 0.717) is 25.0 Å². The van der Waals surface area contributed by atoms with E-state index in [4.69, 9.17) is 19.4 Å². The van der Waals surface area contributed by atoms with Crippen molar-refractivity contribution in [3.63, 3.8) is 0 Å². The molecule has 0 unspecified atom stereocenters. The van der Waals surface area contributed by atoms with E-state index in [-0.39, 0.29) is 0 Å². The van der Waals surface area contributed by atoms with E-state index < -0.39 is 0 Å². The van der Waals surface area contributed by atoms with Gasteiger partial charge < -0.3 is 18.9 Å². The molecule has 31 heavy (non-hydrogen) atoms. The molecule has 0 aliphatic carbocycles. The highest BCUT2D eigenvalue weighted by Crippen LogP contribution is 2.31. The summed E-state index contributed by atoms with van der Waals surface area (Å²) >= 11 is 0. The van der Waals surface area contributed by atoms with E-state index in [1.165, 1.54) is 5.56 Å². The normalized spacial score (nSPS) is 14.4. The van der Waals surface area contributed by atoms with Crippen molar-refractivity contribution in [2.24, 2.45) is 0 Å². The highest BCUT2D eigenvalue weighted by atomic mass is 16.5. The fraction of sp³-hybridized carbons (Fsp3) is 0.364. The summed E-state index contributed by atoms with van der Waals surface area (Å²) < 4.78 is 14.8. The van der Waals surface area contributed by atoms with Gasteiger partial charge in [0.25, 0.3) is 5.95 Å². The molecule has 4 heterocycles. The van der Waals surface area contributed by atoms with Gasteiger partial charge >= 0.3 is 0 Å². The van der Waals surface area contributed by atoms with Crippen LogP contribution in [0, 0.1) is 6.92 Å². The molecule has 0 amide bonds. The number of aryl methyl sites for hydroxylation is 2. The lowest BCUT2D eigenvalue weighted by Crippen LogP contribution is -2.37. The number of morpholine rings is 1. The van der Waals surface area contributed by atoms with Crippen molar-refractivity contribution in [2.75, 3.05) is 38.3 Å². The Kier molecular flexibility index (Phi) is 5.03. The van der Waals surface area contributed by atoms with Crippen molar-refractivity contribution in [1.82, 2.24) is 29.3 Å². The van der Waals surface area contributed by atoms with Gasteiger partial charge in [-0.15, -0.1) is 5.10 Å². The average molecular weight is 419 g/mol. The zero-order valence-corrected chi connectivity index (χ0v) is 17.9. The molecule has 1 aliphatic rings. The quantitative estimate of drug-likeness (QED) is 0.492. The second kappa shape index (κ2) is 7.99. The van der Waals surface area contributed by atoms with Gasteiger partial charge in [0, 0.05) is 25.8 Å². The lowest BCUT2D eigenvalue weighted by molar-refractivity contribution is 0.122. The number of ether oxygens (including phenoxy) is 2. The number of imidazole rings is 1. The minimum absolute atomic E-state index is 0.487.